The van der Waals surface area contributed by atoms with Gasteiger partial charge in [0.2, 0.25) is 12.7 Å². The number of Topliss-reactive ketones (excluding diaryl/α,β-unsaturated/α-hetero) is 1. The average Bonchev–Trinajstić information content (AvgIpc) is 4.01. The van der Waals surface area contributed by atoms with Crippen molar-refractivity contribution in [2.24, 2.45) is 11.8 Å². The molecule has 1 aromatic heterocycles. The minimum atomic E-state index is -0.845. The van der Waals surface area contributed by atoms with E-state index in [-0.39, 0.29) is 50.3 Å². The first-order valence-electron chi connectivity index (χ1n) is 21.7. The van der Waals surface area contributed by atoms with Crippen molar-refractivity contribution in [3.63, 3.8) is 0 Å². The lowest BCUT2D eigenvalue weighted by Gasteiger charge is -2.38. The molecule has 1 aliphatic carbocycles. The largest absolute Gasteiger partial charge is 0.497 e. The van der Waals surface area contributed by atoms with Crippen molar-refractivity contribution in [1.29, 1.82) is 0 Å². The highest BCUT2D eigenvalue weighted by molar-refractivity contribution is 6.30. The Morgan fingerprint density at radius 1 is 0.800 bits per heavy atom. The lowest BCUT2D eigenvalue weighted by molar-refractivity contribution is -0.155. The van der Waals surface area contributed by atoms with Gasteiger partial charge in [0.05, 0.1) is 45.8 Å². The molecule has 340 valence electrons. The van der Waals surface area contributed by atoms with E-state index >= 15 is 0 Å². The summed E-state index contributed by atoms with van der Waals surface area (Å²) in [6.45, 7) is 4.19. The zero-order chi connectivity index (χ0) is 45.9. The van der Waals surface area contributed by atoms with Crippen LogP contribution in [0.5, 0.6) is 28.7 Å². The summed E-state index contributed by atoms with van der Waals surface area (Å²) in [5.74, 6) is -0.358. The van der Waals surface area contributed by atoms with Crippen LogP contribution in [0.4, 0.5) is 0 Å². The molecule has 4 atom stereocenters. The van der Waals surface area contributed by atoms with Gasteiger partial charge in [-0.2, -0.15) is 0 Å². The number of cyclic esters (lactones) is 1. The maximum absolute atomic E-state index is 13.7. The molecule has 1 fully saturated rings. The second kappa shape index (κ2) is 19.3. The Morgan fingerprint density at radius 3 is 2.20 bits per heavy atom. The van der Waals surface area contributed by atoms with Crippen LogP contribution in [0.2, 0.25) is 5.02 Å². The van der Waals surface area contributed by atoms with E-state index in [4.69, 9.17) is 44.8 Å². The maximum Gasteiger partial charge on any atom is 0.310 e. The van der Waals surface area contributed by atoms with Gasteiger partial charge in [-0.1, -0.05) is 18.0 Å². The highest BCUT2D eigenvalue weighted by atomic mass is 35.5. The number of methoxy groups -OCH3 is 3. The van der Waals surface area contributed by atoms with E-state index in [2.05, 4.69) is 5.32 Å². The number of halogens is 1. The Labute approximate surface area is 381 Å². The number of ether oxygens (including phenoxy) is 7. The van der Waals surface area contributed by atoms with Crippen LogP contribution >= 0.6 is 11.6 Å². The Bertz CT molecular complexity index is 2650. The van der Waals surface area contributed by atoms with Crippen molar-refractivity contribution in [3.05, 3.63) is 111 Å². The summed E-state index contributed by atoms with van der Waals surface area (Å²) in [5.41, 5.74) is 5.60. The predicted octanol–water partition coefficient (Wildman–Crippen LogP) is 8.14. The molecule has 1 unspecified atom stereocenters. The zero-order valence-corrected chi connectivity index (χ0v) is 37.7. The number of unbranched alkanes of at least 4 members (excludes halogenated alkanes) is 2. The van der Waals surface area contributed by atoms with Gasteiger partial charge >= 0.3 is 11.9 Å². The number of carbonyl (C=O) groups excluding carboxylic acids is 5. The van der Waals surface area contributed by atoms with Crippen molar-refractivity contribution < 1.29 is 57.1 Å². The molecular weight excluding hydrogens is 856 g/mol. The van der Waals surface area contributed by atoms with Gasteiger partial charge in [0.1, 0.15) is 29.1 Å². The number of rotatable bonds is 17. The molecule has 3 aliphatic rings. The number of esters is 2. The number of carbonyl (C=O) groups is 5. The van der Waals surface area contributed by atoms with Crippen molar-refractivity contribution in [1.82, 2.24) is 9.88 Å². The molecule has 1 amide bonds. The summed E-state index contributed by atoms with van der Waals surface area (Å²) in [4.78, 5) is 66.8. The van der Waals surface area contributed by atoms with Gasteiger partial charge in [0.15, 0.2) is 11.5 Å². The summed E-state index contributed by atoms with van der Waals surface area (Å²) < 4.78 is 41.7. The van der Waals surface area contributed by atoms with Crippen molar-refractivity contribution >= 4 is 52.0 Å². The molecule has 2 aliphatic heterocycles. The van der Waals surface area contributed by atoms with Crippen molar-refractivity contribution in [2.75, 3.05) is 41.3 Å². The summed E-state index contributed by atoms with van der Waals surface area (Å²) in [7, 11) is 4.72. The number of hydrogen-bond acceptors (Lipinski definition) is 12. The number of hydrogen-bond donors (Lipinski definition) is 1. The monoisotopic (exact) mass is 906 g/mol. The molecule has 5 aromatic rings. The minimum Gasteiger partial charge on any atom is -0.497 e. The summed E-state index contributed by atoms with van der Waals surface area (Å²) >= 11 is 6.06. The van der Waals surface area contributed by atoms with Crippen molar-refractivity contribution in [3.8, 4) is 28.7 Å². The third-order valence-corrected chi connectivity index (χ3v) is 13.0. The van der Waals surface area contributed by atoms with Crippen LogP contribution in [-0.4, -0.2) is 75.4 Å². The number of nitrogens with zero attached hydrogens (tertiary/aromatic N) is 1. The van der Waals surface area contributed by atoms with E-state index in [9.17, 15) is 24.0 Å². The van der Waals surface area contributed by atoms with Gasteiger partial charge in [0, 0.05) is 70.4 Å². The lowest BCUT2D eigenvalue weighted by Crippen LogP contribution is -2.36. The second-order valence-electron chi connectivity index (χ2n) is 16.6. The molecule has 65 heavy (non-hydrogen) atoms. The molecule has 4 aromatic carbocycles. The van der Waals surface area contributed by atoms with Gasteiger partial charge < -0.3 is 38.5 Å². The van der Waals surface area contributed by atoms with E-state index in [1.807, 2.05) is 44.2 Å². The zero-order valence-electron chi connectivity index (χ0n) is 37.0. The average molecular weight is 907 g/mol. The van der Waals surface area contributed by atoms with Gasteiger partial charge in [-0.15, -0.1) is 0 Å². The fraction of sp³-hybridized carbons (Fsp3) is 0.380. The molecule has 15 heteroatoms. The van der Waals surface area contributed by atoms with E-state index < -0.39 is 35.8 Å². The fourth-order valence-electron chi connectivity index (χ4n) is 9.39. The minimum absolute atomic E-state index is 0.0294. The van der Waals surface area contributed by atoms with Crippen LogP contribution in [0.1, 0.15) is 94.4 Å². The molecule has 0 bridgehead atoms. The number of fused-ring (bicyclic) bond motifs is 4. The molecule has 1 saturated heterocycles. The molecule has 0 saturated carbocycles. The quantitative estimate of drug-likeness (QED) is 0.0704. The first kappa shape index (κ1) is 45.0. The van der Waals surface area contributed by atoms with Crippen LogP contribution in [0.3, 0.4) is 0 Å². The predicted molar refractivity (Wildman–Crippen MR) is 239 cm³/mol. The smallest absolute Gasteiger partial charge is 0.310 e. The van der Waals surface area contributed by atoms with E-state index in [1.165, 1.54) is 0 Å². The second-order valence-corrected chi connectivity index (χ2v) is 17.0. The Balaban J connectivity index is 0.847. The number of nitrogens with one attached hydrogen (secondary N) is 1. The molecule has 14 nitrogen and oxygen atoms in total. The summed E-state index contributed by atoms with van der Waals surface area (Å²) in [6.07, 6.45) is 1.33. The number of benzene rings is 4. The Kier molecular flexibility index (Phi) is 13.4. The summed E-state index contributed by atoms with van der Waals surface area (Å²) in [6, 6.07) is 19.6. The van der Waals surface area contributed by atoms with E-state index in [0.29, 0.717) is 88.3 Å². The van der Waals surface area contributed by atoms with Crippen LogP contribution in [0.15, 0.2) is 66.7 Å². The molecule has 3 heterocycles. The van der Waals surface area contributed by atoms with Gasteiger partial charge in [-0.3, -0.25) is 28.5 Å². The van der Waals surface area contributed by atoms with Gasteiger partial charge in [-0.05, 0) is 110 Å². The third-order valence-electron chi connectivity index (χ3n) is 12.7. The molecular formula is C50H51ClN2O12. The van der Waals surface area contributed by atoms with Crippen LogP contribution < -0.4 is 29.0 Å². The van der Waals surface area contributed by atoms with Crippen LogP contribution in [-0.2, 0) is 35.1 Å². The van der Waals surface area contributed by atoms with Crippen LogP contribution in [0, 0.1) is 25.7 Å². The normalized spacial score (nSPS) is 18.1. The van der Waals surface area contributed by atoms with Gasteiger partial charge in [-0.25, -0.2) is 0 Å². The standard InChI is InChI=1S/C50H51ClN2O12/c1-27-40(60-4)19-30(20-41(27)61-5)46-36-23-42-43(64-26-63-42)24-37(36)48(38-25-62-50(58)47(38)46)65-45(56)17-16-44(55)52-18-8-6-7-9-32(54)21-34-28(2)53(39-15-14-33(59-3)22-35(34)39)49(57)29-10-12-31(51)13-11-29/h10-15,19-20,22-24,38,46-48H,6-9,16-18,21,25-26H2,1-5H3,(H,52,55)/t38?,46-,47+,48+/m0/s1. The Hall–Kier alpha value is -6.54. The summed E-state index contributed by atoms with van der Waals surface area (Å²) in [5, 5.41) is 4.18. The molecule has 1 N–H and O–H groups in total. The fourth-order valence-corrected chi connectivity index (χ4v) is 9.51. The molecule has 0 spiro atoms. The first-order valence-corrected chi connectivity index (χ1v) is 22.1. The first-order chi connectivity index (χ1) is 31.4. The van der Waals surface area contributed by atoms with E-state index in [0.717, 1.165) is 27.6 Å². The third kappa shape index (κ3) is 9.09. The van der Waals surface area contributed by atoms with Crippen molar-refractivity contribution in [2.45, 2.75) is 70.8 Å². The van der Waals surface area contributed by atoms with Gasteiger partial charge in [0.25, 0.3) is 5.91 Å². The highest BCUT2D eigenvalue weighted by Gasteiger charge is 2.54. The topological polar surface area (TPSA) is 167 Å². The maximum atomic E-state index is 13.7. The van der Waals surface area contributed by atoms with Crippen LogP contribution in [0.25, 0.3) is 10.9 Å². The molecule has 0 radical (unpaired) electrons. The number of ketones is 1. The number of amides is 1. The SMILES string of the molecule is COc1ccc2c(c1)c(CC(=O)CCCCCNC(=O)CCC(=O)O[C@@H]1c3cc4c(cc3[C@H](c3cc(OC)c(C)c(OC)c3)[C@@H]3C(=O)OCC13)OCO4)c(C)n2C(=O)c1ccc(Cl)cc1. The highest BCUT2D eigenvalue weighted by Crippen LogP contribution is 2.56. The molecule has 8 rings (SSSR count). The lowest BCUT2D eigenvalue weighted by atomic mass is 9.66. The van der Waals surface area contributed by atoms with E-state index in [1.54, 1.807) is 62.3 Å². The number of aromatic nitrogens is 1. The Morgan fingerprint density at radius 2 is 1.51 bits per heavy atom.